The smallest absolute Gasteiger partial charge is 0.449 e. The Morgan fingerprint density at radius 1 is 0.912 bits per heavy atom. The fourth-order valence-corrected chi connectivity index (χ4v) is 3.53. The third kappa shape index (κ3) is 6.97. The van der Waals surface area contributed by atoms with Crippen molar-refractivity contribution in [2.75, 3.05) is 26.2 Å². The lowest BCUT2D eigenvalue weighted by atomic mass is 9.99. The first-order valence-corrected chi connectivity index (χ1v) is 10.2. The molecule has 0 amide bonds. The Balaban J connectivity index is 1.74. The Hall–Kier alpha value is -3.05. The predicted molar refractivity (Wildman–Crippen MR) is 109 cm³/mol. The molecule has 0 saturated heterocycles. The molecule has 1 aliphatic heterocycles. The zero-order valence-electron chi connectivity index (χ0n) is 17.7. The molecule has 0 saturated carbocycles. The van der Waals surface area contributed by atoms with Gasteiger partial charge in [0, 0.05) is 13.1 Å². The molecule has 1 N–H and O–H groups in total. The number of benzene rings is 2. The van der Waals surface area contributed by atoms with Gasteiger partial charge in [-0.2, -0.15) is 26.3 Å². The minimum absolute atomic E-state index is 0.0903. The topological polar surface area (TPSA) is 59.0 Å². The van der Waals surface area contributed by atoms with Gasteiger partial charge in [-0.1, -0.05) is 24.3 Å². The van der Waals surface area contributed by atoms with Crippen LogP contribution in [0, 0.1) is 0 Å². The third-order valence-electron chi connectivity index (χ3n) is 5.19. The van der Waals surface area contributed by atoms with Crippen LogP contribution in [-0.2, 0) is 21.8 Å². The Labute approximate surface area is 191 Å². The molecule has 0 aliphatic carbocycles. The summed E-state index contributed by atoms with van der Waals surface area (Å²) >= 11 is 0. The first-order valence-electron chi connectivity index (χ1n) is 10.2. The van der Waals surface area contributed by atoms with Gasteiger partial charge in [0.2, 0.25) is 0 Å². The van der Waals surface area contributed by atoms with Gasteiger partial charge in [0.1, 0.15) is 11.9 Å². The minimum atomic E-state index is -4.53. The molecule has 11 heteroatoms. The van der Waals surface area contributed by atoms with Crippen molar-refractivity contribution in [3.05, 3.63) is 82.6 Å². The molecular weight excluding hydrogens is 468 g/mol. The summed E-state index contributed by atoms with van der Waals surface area (Å²) in [6.45, 7) is 1.28. The molecule has 5 nitrogen and oxygen atoms in total. The molecule has 0 fully saturated rings. The number of hydrogen-bond donors (Lipinski definition) is 1. The Kier molecular flexibility index (Phi) is 7.88. The number of hydrogen-bond acceptors (Lipinski definition) is 4. The number of carboxylic acid groups (broad SMARTS) is 1. The standard InChI is InChI=1S/C23H21F6NO4/c24-22(25,26)17-7-3-15(4-8-17)20(16-5-9-18(10-6-16)23(27,28)29)33-13-12-30-11-1-2-19(14-30)34-21(31)32/h2-10,20H,1,11-14H2,(H,31,32). The summed E-state index contributed by atoms with van der Waals surface area (Å²) in [5.74, 6) is 0.278. The maximum atomic E-state index is 12.9. The van der Waals surface area contributed by atoms with E-state index in [0.29, 0.717) is 30.6 Å². The van der Waals surface area contributed by atoms with Gasteiger partial charge in [-0.05, 0) is 47.9 Å². The Bertz CT molecular complexity index is 943. The molecule has 0 radical (unpaired) electrons. The van der Waals surface area contributed by atoms with Crippen LogP contribution < -0.4 is 0 Å². The van der Waals surface area contributed by atoms with Crippen LogP contribution in [0.5, 0.6) is 0 Å². The highest BCUT2D eigenvalue weighted by atomic mass is 19.4. The van der Waals surface area contributed by atoms with Crippen LogP contribution in [0.25, 0.3) is 0 Å². The molecule has 184 valence electrons. The zero-order valence-corrected chi connectivity index (χ0v) is 17.7. The van der Waals surface area contributed by atoms with Crippen molar-refractivity contribution in [1.82, 2.24) is 4.90 Å². The summed E-state index contributed by atoms with van der Waals surface area (Å²) in [7, 11) is 0. The summed E-state index contributed by atoms with van der Waals surface area (Å²) < 4.78 is 88.1. The van der Waals surface area contributed by atoms with Gasteiger partial charge in [0.05, 0.1) is 24.3 Å². The number of rotatable bonds is 7. The molecule has 2 aromatic rings. The van der Waals surface area contributed by atoms with Crippen LogP contribution >= 0.6 is 0 Å². The molecule has 1 heterocycles. The zero-order chi connectivity index (χ0) is 24.9. The molecule has 2 aromatic carbocycles. The molecule has 0 bridgehead atoms. The highest BCUT2D eigenvalue weighted by Crippen LogP contribution is 2.34. The second kappa shape index (κ2) is 10.5. The van der Waals surface area contributed by atoms with E-state index in [4.69, 9.17) is 9.84 Å². The lowest BCUT2D eigenvalue weighted by Gasteiger charge is -2.27. The Morgan fingerprint density at radius 2 is 1.41 bits per heavy atom. The quantitative estimate of drug-likeness (QED) is 0.376. The number of nitrogens with zero attached hydrogens (tertiary/aromatic N) is 1. The summed E-state index contributed by atoms with van der Waals surface area (Å²) in [4.78, 5) is 12.6. The van der Waals surface area contributed by atoms with E-state index >= 15 is 0 Å². The highest BCUT2D eigenvalue weighted by molar-refractivity contribution is 5.58. The van der Waals surface area contributed by atoms with E-state index in [1.165, 1.54) is 24.3 Å². The van der Waals surface area contributed by atoms with E-state index in [-0.39, 0.29) is 18.9 Å². The maximum absolute atomic E-state index is 12.9. The molecule has 34 heavy (non-hydrogen) atoms. The summed E-state index contributed by atoms with van der Waals surface area (Å²) in [6.07, 6.45) is -9.15. The van der Waals surface area contributed by atoms with Gasteiger partial charge >= 0.3 is 18.5 Å². The first kappa shape index (κ1) is 25.6. The van der Waals surface area contributed by atoms with Gasteiger partial charge in [-0.25, -0.2) is 4.79 Å². The minimum Gasteiger partial charge on any atom is -0.449 e. The molecular formula is C23H21F6NO4. The second-order valence-electron chi connectivity index (χ2n) is 7.59. The van der Waals surface area contributed by atoms with Crippen LogP contribution in [0.4, 0.5) is 31.1 Å². The van der Waals surface area contributed by atoms with Gasteiger partial charge < -0.3 is 14.6 Å². The molecule has 0 spiro atoms. The number of ether oxygens (including phenoxy) is 2. The van der Waals surface area contributed by atoms with E-state index in [1.54, 1.807) is 6.08 Å². The van der Waals surface area contributed by atoms with Gasteiger partial charge in [-0.15, -0.1) is 0 Å². The Morgan fingerprint density at radius 3 is 1.85 bits per heavy atom. The van der Waals surface area contributed by atoms with Crippen molar-refractivity contribution in [3.63, 3.8) is 0 Å². The monoisotopic (exact) mass is 489 g/mol. The SMILES string of the molecule is O=C(O)OC1=CCCN(CCOC(c2ccc(C(F)(F)F)cc2)c2ccc(C(F)(F)F)cc2)C1. The average molecular weight is 489 g/mol. The number of halogens is 6. The lowest BCUT2D eigenvalue weighted by molar-refractivity contribution is -0.138. The van der Waals surface area contributed by atoms with E-state index < -0.39 is 35.7 Å². The fourth-order valence-electron chi connectivity index (χ4n) is 3.53. The molecule has 1 aliphatic rings. The van der Waals surface area contributed by atoms with Gasteiger partial charge in [-0.3, -0.25) is 4.90 Å². The normalized spacial score (nSPS) is 15.3. The van der Waals surface area contributed by atoms with E-state index in [9.17, 15) is 31.1 Å². The largest absolute Gasteiger partial charge is 0.511 e. The van der Waals surface area contributed by atoms with Crippen molar-refractivity contribution in [2.24, 2.45) is 0 Å². The van der Waals surface area contributed by atoms with Crippen LogP contribution in [0.15, 0.2) is 60.4 Å². The number of carbonyl (C=O) groups is 1. The molecule has 0 aromatic heterocycles. The maximum Gasteiger partial charge on any atom is 0.511 e. The summed E-state index contributed by atoms with van der Waals surface area (Å²) in [5, 5.41) is 8.75. The van der Waals surface area contributed by atoms with Gasteiger partial charge in [0.25, 0.3) is 0 Å². The van der Waals surface area contributed by atoms with Crippen LogP contribution in [0.1, 0.15) is 34.8 Å². The summed E-state index contributed by atoms with van der Waals surface area (Å²) in [6, 6.07) is 8.48. The second-order valence-corrected chi connectivity index (χ2v) is 7.59. The fraction of sp³-hybridized carbons (Fsp3) is 0.348. The number of alkyl halides is 6. The molecule has 0 unspecified atom stereocenters. The highest BCUT2D eigenvalue weighted by Gasteiger charge is 2.32. The average Bonchev–Trinajstić information content (AvgIpc) is 2.76. The van der Waals surface area contributed by atoms with E-state index in [1.807, 2.05) is 4.90 Å². The van der Waals surface area contributed by atoms with Crippen molar-refractivity contribution >= 4 is 6.16 Å². The van der Waals surface area contributed by atoms with Crippen molar-refractivity contribution in [3.8, 4) is 0 Å². The van der Waals surface area contributed by atoms with Crippen molar-refractivity contribution in [1.29, 1.82) is 0 Å². The predicted octanol–water partition coefficient (Wildman–Crippen LogP) is 6.11. The van der Waals surface area contributed by atoms with Crippen molar-refractivity contribution in [2.45, 2.75) is 24.9 Å². The third-order valence-corrected chi connectivity index (χ3v) is 5.19. The van der Waals surface area contributed by atoms with Gasteiger partial charge in [0.15, 0.2) is 0 Å². The van der Waals surface area contributed by atoms with Crippen molar-refractivity contribution < 1.29 is 45.7 Å². The van der Waals surface area contributed by atoms with Crippen LogP contribution in [-0.4, -0.2) is 42.4 Å². The molecule has 3 rings (SSSR count). The first-order chi connectivity index (χ1) is 15.9. The lowest BCUT2D eigenvalue weighted by Crippen LogP contribution is -2.34. The van der Waals surface area contributed by atoms with Crippen LogP contribution in [0.3, 0.4) is 0 Å². The summed E-state index contributed by atoms with van der Waals surface area (Å²) in [5.41, 5.74) is -1.01. The molecule has 0 atom stereocenters. The van der Waals surface area contributed by atoms with Crippen LogP contribution in [0.2, 0.25) is 0 Å². The van der Waals surface area contributed by atoms with E-state index in [0.717, 1.165) is 24.3 Å². The van der Waals surface area contributed by atoms with E-state index in [2.05, 4.69) is 4.74 Å².